The number of carbonyl (C=O) groups excluding carboxylic acids is 1. The molecule has 2 aromatic carbocycles. The van der Waals surface area contributed by atoms with Crippen molar-refractivity contribution >= 4 is 22.8 Å². The van der Waals surface area contributed by atoms with E-state index in [1.165, 1.54) is 0 Å². The molecule has 1 aromatic heterocycles. The van der Waals surface area contributed by atoms with Gasteiger partial charge in [-0.05, 0) is 24.6 Å². The lowest BCUT2D eigenvalue weighted by Gasteiger charge is -2.03. The van der Waals surface area contributed by atoms with Gasteiger partial charge in [0, 0.05) is 34.8 Å². The first-order valence-electron chi connectivity index (χ1n) is 8.32. The van der Waals surface area contributed by atoms with Crippen LogP contribution in [0.4, 0.5) is 0 Å². The van der Waals surface area contributed by atoms with Gasteiger partial charge in [0.1, 0.15) is 11.6 Å². The van der Waals surface area contributed by atoms with Gasteiger partial charge < -0.3 is 4.57 Å². The predicted molar refractivity (Wildman–Crippen MR) is 101 cm³/mol. The summed E-state index contributed by atoms with van der Waals surface area (Å²) < 4.78 is 1.98. The number of hydrogen-bond donors (Lipinski definition) is 0. The number of nitriles is 2. The molecule has 0 saturated heterocycles. The van der Waals surface area contributed by atoms with Crippen LogP contribution in [0.15, 0.2) is 60.3 Å². The fourth-order valence-electron chi connectivity index (χ4n) is 3.02. The Bertz CT molecular complexity index is 1090. The number of para-hydroxylation sites is 1. The molecule has 0 aliphatic heterocycles. The molecule has 0 radical (unpaired) electrons. The van der Waals surface area contributed by atoms with Gasteiger partial charge in [0.2, 0.25) is 5.78 Å². The van der Waals surface area contributed by atoms with Crippen LogP contribution in [-0.2, 0) is 6.54 Å². The second-order valence-corrected chi connectivity index (χ2v) is 6.02. The van der Waals surface area contributed by atoms with Crippen molar-refractivity contribution in [2.24, 2.45) is 0 Å². The number of nitrogens with zero attached hydrogens (tertiary/aromatic N) is 3. The van der Waals surface area contributed by atoms with E-state index in [0.29, 0.717) is 18.5 Å². The van der Waals surface area contributed by atoms with E-state index in [1.807, 2.05) is 60.2 Å². The highest BCUT2D eigenvalue weighted by atomic mass is 16.1. The SMILES string of the molecule is Cc1ccccc1C(=O)/C(C#N)=C/c1cn(CCC#N)c2ccccc12. The van der Waals surface area contributed by atoms with Gasteiger partial charge in [0.05, 0.1) is 12.5 Å². The standard InChI is InChI=1S/C22H17N3O/c1-16-7-2-3-8-19(16)22(26)17(14-24)13-18-15-25(12-6-11-23)21-10-5-4-9-20(18)21/h2-5,7-10,13,15H,6,12H2,1H3/b17-13+. The first kappa shape index (κ1) is 17.2. The van der Waals surface area contributed by atoms with Gasteiger partial charge in [-0.3, -0.25) is 4.79 Å². The number of fused-ring (bicyclic) bond motifs is 1. The van der Waals surface area contributed by atoms with Gasteiger partial charge in [-0.2, -0.15) is 10.5 Å². The molecular formula is C22H17N3O. The Morgan fingerprint density at radius 1 is 1.12 bits per heavy atom. The van der Waals surface area contributed by atoms with E-state index >= 15 is 0 Å². The average Bonchev–Trinajstić information content (AvgIpc) is 3.02. The van der Waals surface area contributed by atoms with E-state index in [-0.39, 0.29) is 11.4 Å². The van der Waals surface area contributed by atoms with Gasteiger partial charge in [-0.1, -0.05) is 42.5 Å². The minimum Gasteiger partial charge on any atom is -0.346 e. The van der Waals surface area contributed by atoms with Crippen LogP contribution in [0.25, 0.3) is 17.0 Å². The van der Waals surface area contributed by atoms with Crippen molar-refractivity contribution in [3.05, 3.63) is 77.0 Å². The van der Waals surface area contributed by atoms with E-state index in [4.69, 9.17) is 5.26 Å². The van der Waals surface area contributed by atoms with Crippen LogP contribution >= 0.6 is 0 Å². The minimum absolute atomic E-state index is 0.0995. The van der Waals surface area contributed by atoms with Gasteiger partial charge in [0.15, 0.2) is 0 Å². The zero-order chi connectivity index (χ0) is 18.5. The summed E-state index contributed by atoms with van der Waals surface area (Å²) in [6.45, 7) is 2.43. The Morgan fingerprint density at radius 2 is 1.85 bits per heavy atom. The molecule has 3 rings (SSSR count). The topological polar surface area (TPSA) is 69.6 Å². The zero-order valence-electron chi connectivity index (χ0n) is 14.4. The summed E-state index contributed by atoms with van der Waals surface area (Å²) >= 11 is 0. The van der Waals surface area contributed by atoms with Crippen molar-refractivity contribution in [2.45, 2.75) is 19.9 Å². The van der Waals surface area contributed by atoms with E-state index in [2.05, 4.69) is 6.07 Å². The fourth-order valence-corrected chi connectivity index (χ4v) is 3.02. The maximum absolute atomic E-state index is 12.8. The quantitative estimate of drug-likeness (QED) is 0.386. The monoisotopic (exact) mass is 339 g/mol. The number of allylic oxidation sites excluding steroid dienone is 1. The summed E-state index contributed by atoms with van der Waals surface area (Å²) in [5.41, 5.74) is 3.26. The molecular weight excluding hydrogens is 322 g/mol. The van der Waals surface area contributed by atoms with Crippen LogP contribution in [0.1, 0.15) is 27.9 Å². The highest BCUT2D eigenvalue weighted by Crippen LogP contribution is 2.25. The van der Waals surface area contributed by atoms with Crippen molar-refractivity contribution in [1.82, 2.24) is 4.57 Å². The molecule has 0 unspecified atom stereocenters. The van der Waals surface area contributed by atoms with E-state index in [0.717, 1.165) is 22.0 Å². The lowest BCUT2D eigenvalue weighted by atomic mass is 9.98. The number of rotatable bonds is 5. The molecule has 4 heteroatoms. The number of Topliss-reactive ketones (excluding diaryl/α,β-unsaturated/α-hetero) is 1. The maximum Gasteiger partial charge on any atom is 0.203 e. The molecule has 4 nitrogen and oxygen atoms in total. The Labute approximate surface area is 152 Å². The molecule has 0 aliphatic carbocycles. The molecule has 126 valence electrons. The molecule has 0 bridgehead atoms. The van der Waals surface area contributed by atoms with Gasteiger partial charge in [0.25, 0.3) is 0 Å². The second-order valence-electron chi connectivity index (χ2n) is 6.02. The van der Waals surface area contributed by atoms with Crippen molar-refractivity contribution < 1.29 is 4.79 Å². The number of ketones is 1. The second kappa shape index (κ2) is 7.51. The van der Waals surface area contributed by atoms with E-state index in [1.54, 1.807) is 18.2 Å². The Hall–Kier alpha value is -3.63. The third kappa shape index (κ3) is 3.27. The highest BCUT2D eigenvalue weighted by Gasteiger charge is 2.15. The number of hydrogen-bond acceptors (Lipinski definition) is 3. The van der Waals surface area contributed by atoms with Gasteiger partial charge in [-0.25, -0.2) is 0 Å². The molecule has 0 amide bonds. The van der Waals surface area contributed by atoms with Crippen LogP contribution in [-0.4, -0.2) is 10.4 Å². The molecule has 0 N–H and O–H groups in total. The Morgan fingerprint density at radius 3 is 2.58 bits per heavy atom. The fraction of sp³-hybridized carbons (Fsp3) is 0.136. The van der Waals surface area contributed by atoms with Crippen LogP contribution in [0, 0.1) is 29.6 Å². The lowest BCUT2D eigenvalue weighted by Crippen LogP contribution is -2.04. The van der Waals surface area contributed by atoms with Gasteiger partial charge >= 0.3 is 0 Å². The summed E-state index contributed by atoms with van der Waals surface area (Å²) in [6.07, 6.45) is 3.93. The molecule has 0 atom stereocenters. The van der Waals surface area contributed by atoms with Crippen molar-refractivity contribution in [3.63, 3.8) is 0 Å². The molecule has 1 heterocycles. The number of aromatic nitrogens is 1. The Balaban J connectivity index is 2.08. The van der Waals surface area contributed by atoms with E-state index in [9.17, 15) is 10.1 Å². The number of carbonyl (C=O) groups is 1. The third-order valence-electron chi connectivity index (χ3n) is 4.34. The first-order valence-corrected chi connectivity index (χ1v) is 8.32. The maximum atomic E-state index is 12.8. The molecule has 0 fully saturated rings. The Kier molecular flexibility index (Phi) is 4.97. The van der Waals surface area contributed by atoms with Crippen molar-refractivity contribution in [3.8, 4) is 12.1 Å². The van der Waals surface area contributed by atoms with Crippen molar-refractivity contribution in [2.75, 3.05) is 0 Å². The zero-order valence-corrected chi connectivity index (χ0v) is 14.4. The minimum atomic E-state index is -0.278. The smallest absolute Gasteiger partial charge is 0.203 e. The average molecular weight is 339 g/mol. The largest absolute Gasteiger partial charge is 0.346 e. The lowest BCUT2D eigenvalue weighted by molar-refractivity contribution is 0.103. The van der Waals surface area contributed by atoms with Crippen LogP contribution in [0.5, 0.6) is 0 Å². The van der Waals surface area contributed by atoms with E-state index < -0.39 is 0 Å². The van der Waals surface area contributed by atoms with Crippen LogP contribution in [0.2, 0.25) is 0 Å². The molecule has 3 aromatic rings. The summed E-state index contributed by atoms with van der Waals surface area (Å²) in [7, 11) is 0. The first-order chi connectivity index (χ1) is 12.7. The number of benzene rings is 2. The summed E-state index contributed by atoms with van der Waals surface area (Å²) in [5.74, 6) is -0.278. The highest BCUT2D eigenvalue weighted by molar-refractivity contribution is 6.15. The molecule has 0 saturated carbocycles. The summed E-state index contributed by atoms with van der Waals surface area (Å²) in [6, 6.07) is 19.2. The summed E-state index contributed by atoms with van der Waals surface area (Å²) in [5, 5.41) is 19.3. The van der Waals surface area contributed by atoms with Gasteiger partial charge in [-0.15, -0.1) is 0 Å². The van der Waals surface area contributed by atoms with Crippen molar-refractivity contribution in [1.29, 1.82) is 10.5 Å². The van der Waals surface area contributed by atoms with Crippen LogP contribution < -0.4 is 0 Å². The number of aryl methyl sites for hydroxylation is 2. The normalized spacial score (nSPS) is 11.1. The third-order valence-corrected chi connectivity index (χ3v) is 4.34. The molecule has 26 heavy (non-hydrogen) atoms. The molecule has 0 aliphatic rings. The predicted octanol–water partition coefficient (Wildman–Crippen LogP) is 4.65. The summed E-state index contributed by atoms with van der Waals surface area (Å²) in [4.78, 5) is 12.8. The van der Waals surface area contributed by atoms with Crippen LogP contribution in [0.3, 0.4) is 0 Å². The molecule has 0 spiro atoms.